The van der Waals surface area contributed by atoms with Gasteiger partial charge in [0.15, 0.2) is 0 Å². The van der Waals surface area contributed by atoms with Crippen molar-refractivity contribution >= 4 is 5.69 Å². The van der Waals surface area contributed by atoms with Crippen LogP contribution in [0.1, 0.15) is 30.6 Å². The fourth-order valence-corrected chi connectivity index (χ4v) is 1.85. The number of anilines is 1. The van der Waals surface area contributed by atoms with E-state index in [1.165, 1.54) is 24.4 Å². The summed E-state index contributed by atoms with van der Waals surface area (Å²) in [5.74, 6) is 0.123. The van der Waals surface area contributed by atoms with Gasteiger partial charge in [-0.05, 0) is 30.7 Å². The number of aliphatic hydroxyl groups is 1. The Morgan fingerprint density at radius 1 is 1.35 bits per heavy atom. The first-order valence-electron chi connectivity index (χ1n) is 6.42. The number of hydrogen-bond donors (Lipinski definition) is 2. The van der Waals surface area contributed by atoms with Crippen molar-refractivity contribution in [1.29, 1.82) is 0 Å². The predicted molar refractivity (Wildman–Crippen MR) is 74.9 cm³/mol. The van der Waals surface area contributed by atoms with Gasteiger partial charge in [0.25, 0.3) is 0 Å². The van der Waals surface area contributed by atoms with Gasteiger partial charge in [-0.1, -0.05) is 6.92 Å². The number of rotatable bonds is 5. The van der Waals surface area contributed by atoms with Gasteiger partial charge in [0, 0.05) is 23.0 Å². The van der Waals surface area contributed by atoms with Crippen LogP contribution in [0.5, 0.6) is 5.75 Å². The topological polar surface area (TPSA) is 68.4 Å². The normalized spacial score (nSPS) is 12.2. The minimum Gasteiger partial charge on any atom is -0.492 e. The molecule has 0 amide bonds. The maximum absolute atomic E-state index is 13.3. The molecule has 4 nitrogen and oxygen atoms in total. The van der Waals surface area contributed by atoms with Crippen molar-refractivity contribution in [3.63, 3.8) is 0 Å². The zero-order chi connectivity index (χ0) is 14.5. The summed E-state index contributed by atoms with van der Waals surface area (Å²) in [4.78, 5) is 4.02. The first-order valence-corrected chi connectivity index (χ1v) is 6.42. The molecule has 0 aliphatic rings. The maximum atomic E-state index is 13.3. The fraction of sp³-hybridized carbons (Fsp3) is 0.267. The third-order valence-corrected chi connectivity index (χ3v) is 2.87. The molecule has 0 fully saturated rings. The average molecular weight is 276 g/mol. The standard InChI is InChI=1S/C15H17FN2O2/c1-2-5-20-12-6-10(8-18-9-12)15(19)13-7-11(16)3-4-14(13)17/h3-4,6-9,15,19H,2,5,17H2,1H3. The third-order valence-electron chi connectivity index (χ3n) is 2.87. The summed E-state index contributed by atoms with van der Waals surface area (Å²) < 4.78 is 18.7. The molecule has 1 atom stereocenters. The van der Waals surface area contributed by atoms with Crippen LogP contribution in [0.15, 0.2) is 36.7 Å². The van der Waals surface area contributed by atoms with Crippen LogP contribution in [0.4, 0.5) is 10.1 Å². The Kier molecular flexibility index (Phi) is 4.53. The lowest BCUT2D eigenvalue weighted by Crippen LogP contribution is -2.05. The van der Waals surface area contributed by atoms with E-state index in [2.05, 4.69) is 4.98 Å². The number of ether oxygens (including phenoxy) is 1. The van der Waals surface area contributed by atoms with E-state index >= 15 is 0 Å². The highest BCUT2D eigenvalue weighted by Crippen LogP contribution is 2.28. The Hall–Kier alpha value is -2.14. The Morgan fingerprint density at radius 2 is 2.15 bits per heavy atom. The lowest BCUT2D eigenvalue weighted by Gasteiger charge is -2.14. The molecule has 0 saturated heterocycles. The van der Waals surface area contributed by atoms with Crippen molar-refractivity contribution in [2.45, 2.75) is 19.4 Å². The minimum absolute atomic E-state index is 0.319. The SMILES string of the molecule is CCCOc1cncc(C(O)c2cc(F)ccc2N)c1. The van der Waals surface area contributed by atoms with Crippen LogP contribution in [0, 0.1) is 5.82 Å². The lowest BCUT2D eigenvalue weighted by molar-refractivity contribution is 0.219. The highest BCUT2D eigenvalue weighted by molar-refractivity contribution is 5.50. The van der Waals surface area contributed by atoms with Gasteiger partial charge in [-0.15, -0.1) is 0 Å². The highest BCUT2D eigenvalue weighted by Gasteiger charge is 2.15. The summed E-state index contributed by atoms with van der Waals surface area (Å²) in [6.45, 7) is 2.57. The first-order chi connectivity index (χ1) is 9.61. The van der Waals surface area contributed by atoms with Crippen LogP contribution in [-0.2, 0) is 0 Å². The van der Waals surface area contributed by atoms with Crippen molar-refractivity contribution in [3.8, 4) is 5.75 Å². The molecule has 0 saturated carbocycles. The van der Waals surface area contributed by atoms with Crippen LogP contribution in [-0.4, -0.2) is 16.7 Å². The Labute approximate surface area is 117 Å². The van der Waals surface area contributed by atoms with Gasteiger partial charge in [-0.25, -0.2) is 4.39 Å². The van der Waals surface area contributed by atoms with Crippen molar-refractivity contribution in [1.82, 2.24) is 4.98 Å². The summed E-state index contributed by atoms with van der Waals surface area (Å²) in [7, 11) is 0. The highest BCUT2D eigenvalue weighted by atomic mass is 19.1. The van der Waals surface area contributed by atoms with Crippen LogP contribution < -0.4 is 10.5 Å². The van der Waals surface area contributed by atoms with Crippen LogP contribution >= 0.6 is 0 Å². The zero-order valence-electron chi connectivity index (χ0n) is 11.2. The smallest absolute Gasteiger partial charge is 0.137 e. The number of halogens is 1. The van der Waals surface area contributed by atoms with E-state index in [9.17, 15) is 9.50 Å². The molecule has 3 N–H and O–H groups in total. The minimum atomic E-state index is -1.04. The molecule has 0 spiro atoms. The summed E-state index contributed by atoms with van der Waals surface area (Å²) in [6, 6.07) is 5.58. The van der Waals surface area contributed by atoms with Crippen molar-refractivity contribution in [2.24, 2.45) is 0 Å². The number of hydrogen-bond acceptors (Lipinski definition) is 4. The van der Waals surface area contributed by atoms with E-state index in [0.717, 1.165) is 6.42 Å². The first kappa shape index (κ1) is 14.3. The number of aliphatic hydroxyl groups excluding tert-OH is 1. The second-order valence-electron chi connectivity index (χ2n) is 4.48. The molecule has 1 aromatic carbocycles. The number of nitrogens with zero attached hydrogens (tertiary/aromatic N) is 1. The molecule has 2 aromatic rings. The fourth-order valence-electron chi connectivity index (χ4n) is 1.85. The molecular weight excluding hydrogens is 259 g/mol. The third kappa shape index (κ3) is 3.24. The molecule has 0 aliphatic heterocycles. The molecule has 1 unspecified atom stereocenters. The summed E-state index contributed by atoms with van der Waals surface area (Å²) in [5.41, 5.74) is 6.93. The molecule has 106 valence electrons. The van der Waals surface area contributed by atoms with Crippen LogP contribution in [0.2, 0.25) is 0 Å². The molecule has 0 radical (unpaired) electrons. The monoisotopic (exact) mass is 276 g/mol. The molecular formula is C15H17FN2O2. The van der Waals surface area contributed by atoms with E-state index in [4.69, 9.17) is 10.5 Å². The Morgan fingerprint density at radius 3 is 2.90 bits per heavy atom. The number of aromatic nitrogens is 1. The molecule has 1 heterocycles. The molecule has 0 bridgehead atoms. The molecule has 0 aliphatic carbocycles. The largest absolute Gasteiger partial charge is 0.492 e. The van der Waals surface area contributed by atoms with Gasteiger partial charge in [0.2, 0.25) is 0 Å². The molecule has 2 rings (SSSR count). The number of benzene rings is 1. The van der Waals surface area contributed by atoms with Gasteiger partial charge >= 0.3 is 0 Å². The number of nitrogens with two attached hydrogens (primary N) is 1. The van der Waals surface area contributed by atoms with Crippen molar-refractivity contribution < 1.29 is 14.2 Å². The summed E-state index contributed by atoms with van der Waals surface area (Å²) in [5, 5.41) is 10.3. The van der Waals surface area contributed by atoms with E-state index in [-0.39, 0.29) is 0 Å². The van der Waals surface area contributed by atoms with E-state index in [1.807, 2.05) is 6.92 Å². The van der Waals surface area contributed by atoms with Gasteiger partial charge in [-0.2, -0.15) is 0 Å². The average Bonchev–Trinajstić information content (AvgIpc) is 2.47. The predicted octanol–water partition coefficient (Wildman–Crippen LogP) is 2.67. The van der Waals surface area contributed by atoms with Gasteiger partial charge in [0.05, 0.1) is 12.8 Å². The van der Waals surface area contributed by atoms with Crippen LogP contribution in [0.3, 0.4) is 0 Å². The summed E-state index contributed by atoms with van der Waals surface area (Å²) >= 11 is 0. The van der Waals surface area contributed by atoms with Gasteiger partial charge in [-0.3, -0.25) is 4.98 Å². The lowest BCUT2D eigenvalue weighted by atomic mass is 10.0. The zero-order valence-corrected chi connectivity index (χ0v) is 11.2. The van der Waals surface area contributed by atoms with Crippen molar-refractivity contribution in [2.75, 3.05) is 12.3 Å². The van der Waals surface area contributed by atoms with E-state index in [1.54, 1.807) is 12.3 Å². The quantitative estimate of drug-likeness (QED) is 0.824. The number of nitrogen functional groups attached to an aromatic ring is 1. The molecule has 5 heteroatoms. The Bertz CT molecular complexity index is 590. The molecule has 1 aromatic heterocycles. The number of pyridine rings is 1. The van der Waals surface area contributed by atoms with Gasteiger partial charge < -0.3 is 15.6 Å². The second kappa shape index (κ2) is 6.34. The van der Waals surface area contributed by atoms with Crippen molar-refractivity contribution in [3.05, 3.63) is 53.6 Å². The van der Waals surface area contributed by atoms with Gasteiger partial charge in [0.1, 0.15) is 17.7 Å². The van der Waals surface area contributed by atoms with Crippen LogP contribution in [0.25, 0.3) is 0 Å². The van der Waals surface area contributed by atoms with E-state index in [0.29, 0.717) is 29.2 Å². The van der Waals surface area contributed by atoms with E-state index < -0.39 is 11.9 Å². The Balaban J connectivity index is 2.28. The molecule has 20 heavy (non-hydrogen) atoms. The summed E-state index contributed by atoms with van der Waals surface area (Å²) in [6.07, 6.45) is 2.92. The second-order valence-corrected chi connectivity index (χ2v) is 4.48. The maximum Gasteiger partial charge on any atom is 0.137 e.